The second-order valence-corrected chi connectivity index (χ2v) is 14.6. The number of ether oxygens (including phenoxy) is 2. The molecular weight excluding hydrogens is 699 g/mol. The van der Waals surface area contributed by atoms with Crippen LogP contribution >= 0.6 is 8.53 Å². The largest absolute Gasteiger partial charge is 0.494 e. The quantitative estimate of drug-likeness (QED) is 0.0433. The van der Waals surface area contributed by atoms with Crippen molar-refractivity contribution >= 4 is 42.7 Å². The predicted molar refractivity (Wildman–Crippen MR) is 202 cm³/mol. The number of hydrogen-bond donors (Lipinski definition) is 1. The lowest BCUT2D eigenvalue weighted by atomic mass is 9.90. The van der Waals surface area contributed by atoms with Crippen molar-refractivity contribution in [1.82, 2.24) is 4.67 Å². The van der Waals surface area contributed by atoms with E-state index in [2.05, 4.69) is 64.7 Å². The smallest absolute Gasteiger partial charge is 0.269 e. The second kappa shape index (κ2) is 19.0. The summed E-state index contributed by atoms with van der Waals surface area (Å²) in [4.78, 5) is 12.9. The predicted octanol–water partition coefficient (Wildman–Crippen LogP) is 9.30. The molecule has 0 saturated heterocycles. The summed E-state index contributed by atoms with van der Waals surface area (Å²) in [6.07, 6.45) is 4.12. The molecule has 282 valence electrons. The van der Waals surface area contributed by atoms with E-state index < -0.39 is 13.4 Å². The number of nitro groups is 1. The number of nitrogens with zero attached hydrogens (tertiary/aromatic N) is 8. The van der Waals surface area contributed by atoms with E-state index in [1.165, 1.54) is 42.6 Å². The fourth-order valence-electron chi connectivity index (χ4n) is 6.54. The lowest BCUT2D eigenvalue weighted by Gasteiger charge is -2.38. The molecule has 53 heavy (non-hydrogen) atoms. The maximum Gasteiger partial charge on any atom is 0.269 e. The van der Waals surface area contributed by atoms with Crippen LogP contribution in [0.25, 0.3) is 0 Å². The Kier molecular flexibility index (Phi) is 14.2. The van der Waals surface area contributed by atoms with Crippen LogP contribution in [0.1, 0.15) is 63.6 Å². The van der Waals surface area contributed by atoms with Gasteiger partial charge in [0.2, 0.25) is 0 Å². The summed E-state index contributed by atoms with van der Waals surface area (Å²) in [7, 11) is 0.0992. The number of nitriles is 1. The van der Waals surface area contributed by atoms with E-state index in [0.717, 1.165) is 44.3 Å². The lowest BCUT2D eigenvalue weighted by molar-refractivity contribution is -0.384. The first-order valence-corrected chi connectivity index (χ1v) is 19.0. The Labute approximate surface area is 311 Å². The molecule has 0 saturated carbocycles. The molecule has 3 aromatic carbocycles. The van der Waals surface area contributed by atoms with Crippen molar-refractivity contribution in [3.63, 3.8) is 0 Å². The first-order chi connectivity index (χ1) is 25.6. The van der Waals surface area contributed by atoms with Gasteiger partial charge in [-0.25, -0.2) is 4.67 Å². The summed E-state index contributed by atoms with van der Waals surface area (Å²) in [5.41, 5.74) is 5.70. The molecule has 0 fully saturated rings. The number of hydrogen-bond acceptors (Lipinski definition) is 14. The number of anilines is 1. The molecule has 3 aromatic rings. The van der Waals surface area contributed by atoms with Crippen LogP contribution < -0.4 is 14.4 Å². The molecule has 2 aliphatic heterocycles. The molecule has 1 atom stereocenters. The third kappa shape index (κ3) is 9.90. The van der Waals surface area contributed by atoms with Crippen molar-refractivity contribution in [2.75, 3.05) is 44.9 Å². The summed E-state index contributed by atoms with van der Waals surface area (Å²) < 4.78 is 26.7. The van der Waals surface area contributed by atoms with Crippen molar-refractivity contribution < 1.29 is 28.6 Å². The van der Waals surface area contributed by atoms with E-state index in [0.29, 0.717) is 46.4 Å². The second-order valence-electron chi connectivity index (χ2n) is 13.1. The molecule has 0 aliphatic carbocycles. The van der Waals surface area contributed by atoms with Gasteiger partial charge in [0, 0.05) is 60.2 Å². The number of rotatable bonds is 18. The van der Waals surface area contributed by atoms with Crippen LogP contribution in [-0.4, -0.2) is 66.8 Å². The average molecular weight is 747 g/mol. The van der Waals surface area contributed by atoms with Crippen LogP contribution in [0.2, 0.25) is 0 Å². The number of nitro benzene ring substituents is 1. The molecule has 16 heteroatoms. The minimum atomic E-state index is -1.41. The van der Waals surface area contributed by atoms with Gasteiger partial charge >= 0.3 is 0 Å². The van der Waals surface area contributed by atoms with Gasteiger partial charge in [0.25, 0.3) is 14.2 Å². The normalized spacial score (nSPS) is 14.7. The van der Waals surface area contributed by atoms with E-state index >= 15 is 0 Å². The van der Waals surface area contributed by atoms with Gasteiger partial charge in [-0.2, -0.15) is 15.5 Å². The minimum absolute atomic E-state index is 0.0503. The molecule has 2 aliphatic rings. The number of azo groups is 2. The highest BCUT2D eigenvalue weighted by molar-refractivity contribution is 7.44. The van der Waals surface area contributed by atoms with E-state index in [1.54, 1.807) is 12.1 Å². The van der Waals surface area contributed by atoms with Crippen LogP contribution in [0.15, 0.2) is 62.9 Å². The van der Waals surface area contributed by atoms with Gasteiger partial charge in [-0.3, -0.25) is 10.1 Å². The van der Waals surface area contributed by atoms with Crippen LogP contribution in [0, 0.1) is 21.4 Å². The number of non-ortho nitro benzene ring substituents is 1. The van der Waals surface area contributed by atoms with Crippen molar-refractivity contribution in [1.29, 1.82) is 5.26 Å². The minimum Gasteiger partial charge on any atom is -0.494 e. The van der Waals surface area contributed by atoms with Gasteiger partial charge in [-0.1, -0.05) is 0 Å². The molecule has 0 aromatic heterocycles. The SMILES string of the molecule is COc1cc(N=Nc2ccc([N+](=O)[O-])cc2)c(CO)cc1N=Nc1cc2c3c(c1OCCOP(OCCC#N)N(C(C)C)C(C)C)CCCN3CCC2. The van der Waals surface area contributed by atoms with Crippen molar-refractivity contribution in [2.45, 2.75) is 78.5 Å². The fourth-order valence-corrected chi connectivity index (χ4v) is 8.12. The van der Waals surface area contributed by atoms with Gasteiger partial charge < -0.3 is 28.5 Å². The monoisotopic (exact) mass is 746 g/mol. The number of aliphatic hydroxyl groups excluding tert-OH is 1. The summed E-state index contributed by atoms with van der Waals surface area (Å²) >= 11 is 0. The molecule has 1 N–H and O–H groups in total. The molecule has 0 bridgehead atoms. The van der Waals surface area contributed by atoms with Crippen LogP contribution in [0.5, 0.6) is 11.5 Å². The standard InChI is InChI=1S/C37H47N8O7P/c1-25(2)44(26(3)4)53(51-18-8-15-38)52-20-19-50-37-31-10-7-17-43-16-6-9-27(36(31)43)21-34(37)42-41-33-22-28(24-46)32(23-35(33)49-5)40-39-29-11-13-30(14-12-29)45(47)48/h11-14,21-23,25-26,46H,6-10,16-20,24H2,1-5H3. The number of methoxy groups -OCH3 is 1. The maximum absolute atomic E-state index is 11.0. The zero-order valence-electron chi connectivity index (χ0n) is 30.9. The zero-order chi connectivity index (χ0) is 37.9. The Bertz CT molecular complexity index is 1820. The highest BCUT2D eigenvalue weighted by Crippen LogP contribution is 2.48. The molecule has 1 unspecified atom stereocenters. The van der Waals surface area contributed by atoms with Crippen LogP contribution in [0.3, 0.4) is 0 Å². The molecule has 2 heterocycles. The third-order valence-corrected chi connectivity index (χ3v) is 10.9. The third-order valence-electron chi connectivity index (χ3n) is 8.80. The van der Waals surface area contributed by atoms with Crippen LogP contribution in [0.4, 0.5) is 34.1 Å². The first kappa shape index (κ1) is 39.6. The molecule has 0 spiro atoms. The Morgan fingerprint density at radius 1 is 0.943 bits per heavy atom. The highest BCUT2D eigenvalue weighted by Gasteiger charge is 2.30. The summed E-state index contributed by atoms with van der Waals surface area (Å²) in [6, 6.07) is 13.5. The Morgan fingerprint density at radius 2 is 1.62 bits per heavy atom. The Hall–Kier alpha value is -4.58. The van der Waals surface area contributed by atoms with Gasteiger partial charge in [0.05, 0.1) is 55.7 Å². The van der Waals surface area contributed by atoms with Gasteiger partial charge in [0.1, 0.15) is 23.7 Å². The van der Waals surface area contributed by atoms with E-state index in [-0.39, 0.29) is 44.0 Å². The van der Waals surface area contributed by atoms with Crippen LogP contribution in [-0.2, 0) is 28.5 Å². The Balaban J connectivity index is 1.42. The lowest BCUT2D eigenvalue weighted by Crippen LogP contribution is -2.34. The summed E-state index contributed by atoms with van der Waals surface area (Å²) in [5.74, 6) is 1.03. The molecular formula is C37H47N8O7P. The molecule has 0 amide bonds. The summed E-state index contributed by atoms with van der Waals surface area (Å²) in [5, 5.41) is 48.1. The maximum atomic E-state index is 11.0. The number of aryl methyl sites for hydroxylation is 1. The number of benzene rings is 3. The van der Waals surface area contributed by atoms with Crippen molar-refractivity contribution in [3.05, 3.63) is 69.3 Å². The number of aliphatic hydroxyl groups is 1. The first-order valence-electron chi connectivity index (χ1n) is 17.8. The molecule has 15 nitrogen and oxygen atoms in total. The van der Waals surface area contributed by atoms with E-state index in [1.807, 2.05) is 0 Å². The van der Waals surface area contributed by atoms with Gasteiger partial charge in [-0.15, -0.1) is 10.2 Å². The van der Waals surface area contributed by atoms with E-state index in [9.17, 15) is 15.2 Å². The fraction of sp³-hybridized carbons (Fsp3) is 0.486. The molecule has 0 radical (unpaired) electrons. The topological polar surface area (TPSA) is 180 Å². The van der Waals surface area contributed by atoms with Crippen molar-refractivity contribution in [3.8, 4) is 17.6 Å². The van der Waals surface area contributed by atoms with E-state index in [4.69, 9.17) is 28.9 Å². The average Bonchev–Trinajstić information content (AvgIpc) is 3.15. The summed E-state index contributed by atoms with van der Waals surface area (Å²) in [6.45, 7) is 10.9. The van der Waals surface area contributed by atoms with Gasteiger partial charge in [-0.05, 0) is 83.2 Å². The zero-order valence-corrected chi connectivity index (χ0v) is 31.8. The van der Waals surface area contributed by atoms with Crippen molar-refractivity contribution in [2.24, 2.45) is 20.5 Å². The highest BCUT2D eigenvalue weighted by atomic mass is 31.2. The Morgan fingerprint density at radius 3 is 2.28 bits per heavy atom. The molecule has 5 rings (SSSR count). The van der Waals surface area contributed by atoms with Gasteiger partial charge in [0.15, 0.2) is 5.75 Å².